The lowest BCUT2D eigenvalue weighted by Gasteiger charge is -2.32. The average Bonchev–Trinajstić information content (AvgIpc) is 2.85. The van der Waals surface area contributed by atoms with Crippen molar-refractivity contribution >= 4 is 23.3 Å². The van der Waals surface area contributed by atoms with Gasteiger partial charge in [0.05, 0.1) is 18.4 Å². The summed E-state index contributed by atoms with van der Waals surface area (Å²) in [4.78, 5) is 18.8. The summed E-state index contributed by atoms with van der Waals surface area (Å²) in [6, 6.07) is 7.98. The van der Waals surface area contributed by atoms with Gasteiger partial charge in [-0.15, -0.1) is 0 Å². The zero-order valence-electron chi connectivity index (χ0n) is 23.1. The van der Waals surface area contributed by atoms with Gasteiger partial charge < -0.3 is 25.2 Å². The Kier molecular flexibility index (Phi) is 9.35. The van der Waals surface area contributed by atoms with Crippen LogP contribution in [0.15, 0.2) is 30.3 Å². The molecule has 0 aromatic heterocycles. The van der Waals surface area contributed by atoms with E-state index in [1.165, 1.54) is 19.2 Å². The third-order valence-corrected chi connectivity index (χ3v) is 6.59. The summed E-state index contributed by atoms with van der Waals surface area (Å²) in [7, 11) is 3.62. The lowest BCUT2D eigenvalue weighted by Crippen LogP contribution is -2.47. The molecule has 0 spiro atoms. The van der Waals surface area contributed by atoms with Crippen LogP contribution in [0.5, 0.6) is 17.2 Å². The number of anilines is 1. The summed E-state index contributed by atoms with van der Waals surface area (Å²) in [6.07, 6.45) is 0. The number of carbonyl (C=O) groups is 1. The monoisotopic (exact) mass is 524 g/mol. The number of phenols is 2. The fourth-order valence-corrected chi connectivity index (χ4v) is 4.42. The van der Waals surface area contributed by atoms with Crippen LogP contribution in [0.1, 0.15) is 50.3 Å². The first-order chi connectivity index (χ1) is 17.9. The molecule has 5 N–H and O–H groups in total. The van der Waals surface area contributed by atoms with Gasteiger partial charge in [0.2, 0.25) is 0 Å². The number of amidine groups is 2. The highest BCUT2D eigenvalue weighted by Crippen LogP contribution is 2.36. The zero-order valence-corrected chi connectivity index (χ0v) is 23.1. The molecule has 0 atom stereocenters. The average molecular weight is 525 g/mol. The number of methoxy groups -OCH3 is 1. The van der Waals surface area contributed by atoms with Gasteiger partial charge in [-0.05, 0) is 56.1 Å². The molecule has 0 saturated carbocycles. The van der Waals surface area contributed by atoms with E-state index in [2.05, 4.69) is 22.2 Å². The molecule has 1 heterocycles. The second-order valence-electron chi connectivity index (χ2n) is 10.3. The highest BCUT2D eigenvalue weighted by molar-refractivity contribution is 6.48. The van der Waals surface area contributed by atoms with E-state index in [0.717, 1.165) is 43.2 Å². The number of carbonyl (C=O) groups excluding carboxylic acids is 1. The van der Waals surface area contributed by atoms with Crippen molar-refractivity contribution in [2.45, 2.75) is 46.2 Å². The summed E-state index contributed by atoms with van der Waals surface area (Å²) in [5.74, 6) is -1.56. The molecule has 10 heteroatoms. The number of hydrogen-bond donors (Lipinski definition) is 5. The Morgan fingerprint density at radius 3 is 2.29 bits per heavy atom. The highest BCUT2D eigenvalue weighted by atomic mass is 16.5. The first-order valence-corrected chi connectivity index (χ1v) is 12.8. The van der Waals surface area contributed by atoms with Gasteiger partial charge in [0.25, 0.3) is 5.91 Å². The maximum absolute atomic E-state index is 12.9. The van der Waals surface area contributed by atoms with E-state index >= 15 is 0 Å². The van der Waals surface area contributed by atoms with Gasteiger partial charge >= 0.3 is 0 Å². The Bertz CT molecular complexity index is 1190. The van der Waals surface area contributed by atoms with E-state index < -0.39 is 11.7 Å². The van der Waals surface area contributed by atoms with Gasteiger partial charge in [-0.25, -0.2) is 0 Å². The van der Waals surface area contributed by atoms with E-state index in [1.54, 1.807) is 19.9 Å². The number of nitrogens with one attached hydrogen (secondary N) is 3. The maximum Gasteiger partial charge on any atom is 0.287 e. The second-order valence-corrected chi connectivity index (χ2v) is 10.3. The normalized spacial score (nSPS) is 14.5. The first-order valence-electron chi connectivity index (χ1n) is 12.8. The summed E-state index contributed by atoms with van der Waals surface area (Å²) < 4.78 is 5.69. The van der Waals surface area contributed by atoms with Crippen molar-refractivity contribution < 1.29 is 19.7 Å². The van der Waals surface area contributed by atoms with Crippen LogP contribution >= 0.6 is 0 Å². The second kappa shape index (κ2) is 12.3. The van der Waals surface area contributed by atoms with Gasteiger partial charge in [0.15, 0.2) is 5.84 Å². The van der Waals surface area contributed by atoms with Crippen LogP contribution < -0.4 is 15.0 Å². The van der Waals surface area contributed by atoms with Crippen LogP contribution in [-0.2, 0) is 11.3 Å². The lowest BCUT2D eigenvalue weighted by atomic mass is 9.98. The fourth-order valence-electron chi connectivity index (χ4n) is 4.42. The van der Waals surface area contributed by atoms with Crippen LogP contribution in [0.2, 0.25) is 0 Å². The van der Waals surface area contributed by atoms with Gasteiger partial charge in [0.1, 0.15) is 23.1 Å². The highest BCUT2D eigenvalue weighted by Gasteiger charge is 2.30. The standard InChI is InChI=1S/C28H40N6O4/c1-17(2)20-14-21(24(36)15-23(20)35)26(29)34(27(30)28(37)31-18(3)4)22-8-7-19(13-25(22)38-6)16-33-11-9-32(5)10-12-33/h7-8,13-15,17-18,29-30,35-36H,9-12,16H2,1-6H3,(H,31,37). The number of likely N-dealkylation sites (N-methyl/N-ethyl adjacent to an activating group) is 1. The molecule has 0 radical (unpaired) electrons. The Morgan fingerprint density at radius 1 is 1.05 bits per heavy atom. The van der Waals surface area contributed by atoms with Gasteiger partial charge in [0, 0.05) is 44.8 Å². The van der Waals surface area contributed by atoms with E-state index in [9.17, 15) is 15.0 Å². The Hall–Kier alpha value is -3.63. The topological polar surface area (TPSA) is 136 Å². The van der Waals surface area contributed by atoms with Crippen molar-refractivity contribution in [3.05, 3.63) is 47.0 Å². The smallest absolute Gasteiger partial charge is 0.287 e. The molecule has 2 aromatic rings. The van der Waals surface area contributed by atoms with Crippen LogP contribution in [0, 0.1) is 10.8 Å². The molecule has 0 unspecified atom stereocenters. The molecule has 0 aliphatic carbocycles. The minimum Gasteiger partial charge on any atom is -0.508 e. The third-order valence-electron chi connectivity index (χ3n) is 6.59. The number of nitrogens with zero attached hydrogens (tertiary/aromatic N) is 3. The molecular weight excluding hydrogens is 484 g/mol. The van der Waals surface area contributed by atoms with E-state index in [-0.39, 0.29) is 34.9 Å². The molecule has 1 aliphatic rings. The fraction of sp³-hybridized carbons (Fsp3) is 0.464. The van der Waals surface area contributed by atoms with Crippen LogP contribution in [0.25, 0.3) is 0 Å². The van der Waals surface area contributed by atoms with Crippen LogP contribution in [-0.4, -0.2) is 84.0 Å². The van der Waals surface area contributed by atoms with Gasteiger partial charge in [-0.1, -0.05) is 19.9 Å². The molecule has 1 fully saturated rings. The van der Waals surface area contributed by atoms with Gasteiger partial charge in [-0.3, -0.25) is 25.4 Å². The molecule has 38 heavy (non-hydrogen) atoms. The Morgan fingerprint density at radius 2 is 1.71 bits per heavy atom. The molecule has 206 valence electrons. The van der Waals surface area contributed by atoms with Crippen LogP contribution in [0.3, 0.4) is 0 Å². The number of hydrogen-bond acceptors (Lipinski definition) is 8. The summed E-state index contributed by atoms with van der Waals surface area (Å²) in [6.45, 7) is 12.0. The quantitative estimate of drug-likeness (QED) is 0.277. The number of amides is 1. The largest absolute Gasteiger partial charge is 0.508 e. The minimum atomic E-state index is -0.671. The molecular formula is C28H40N6O4. The predicted octanol–water partition coefficient (Wildman–Crippen LogP) is 3.31. The third kappa shape index (κ3) is 6.62. The van der Waals surface area contributed by atoms with Crippen molar-refractivity contribution in [3.63, 3.8) is 0 Å². The molecule has 2 aromatic carbocycles. The maximum atomic E-state index is 12.9. The van der Waals surface area contributed by atoms with Crippen LogP contribution in [0.4, 0.5) is 5.69 Å². The molecule has 3 rings (SSSR count). The number of aromatic hydroxyl groups is 2. The SMILES string of the molecule is COc1cc(CN2CCN(C)CC2)ccc1N(C(=N)C(=O)NC(C)C)C(=N)c1cc(C(C)C)c(O)cc1O. The van der Waals surface area contributed by atoms with Gasteiger partial charge in [-0.2, -0.15) is 0 Å². The van der Waals surface area contributed by atoms with Crippen molar-refractivity contribution in [3.8, 4) is 17.2 Å². The van der Waals surface area contributed by atoms with Crippen molar-refractivity contribution in [2.75, 3.05) is 45.2 Å². The summed E-state index contributed by atoms with van der Waals surface area (Å²) in [5, 5.41) is 41.4. The zero-order chi connectivity index (χ0) is 28.1. The number of piperazine rings is 1. The predicted molar refractivity (Wildman–Crippen MR) is 150 cm³/mol. The lowest BCUT2D eigenvalue weighted by molar-refractivity contribution is -0.115. The number of benzene rings is 2. The Labute approximate surface area is 224 Å². The number of rotatable bonds is 7. The van der Waals surface area contributed by atoms with E-state index in [4.69, 9.17) is 15.6 Å². The van der Waals surface area contributed by atoms with Crippen molar-refractivity contribution in [2.24, 2.45) is 0 Å². The molecule has 0 bridgehead atoms. The molecule has 1 aliphatic heterocycles. The van der Waals surface area contributed by atoms with Crippen molar-refractivity contribution in [1.82, 2.24) is 15.1 Å². The Balaban J connectivity index is 2.05. The summed E-state index contributed by atoms with van der Waals surface area (Å²) in [5.41, 5.74) is 1.95. The molecule has 10 nitrogen and oxygen atoms in total. The first kappa shape index (κ1) is 28.9. The molecule has 1 saturated heterocycles. The van der Waals surface area contributed by atoms with E-state index in [0.29, 0.717) is 17.0 Å². The van der Waals surface area contributed by atoms with Crippen molar-refractivity contribution in [1.29, 1.82) is 10.8 Å². The number of ether oxygens (including phenoxy) is 1. The number of phenolic OH excluding ortho intramolecular Hbond substituents is 2. The van der Waals surface area contributed by atoms with E-state index in [1.807, 2.05) is 26.0 Å². The molecule has 1 amide bonds. The minimum absolute atomic E-state index is 0.0807. The summed E-state index contributed by atoms with van der Waals surface area (Å²) >= 11 is 0.